The zero-order chi connectivity index (χ0) is 15.7. The highest BCUT2D eigenvalue weighted by Crippen LogP contribution is 2.47. The number of ether oxygens (including phenoxy) is 1. The highest BCUT2D eigenvalue weighted by atomic mass is 16.5. The van der Waals surface area contributed by atoms with E-state index in [1.165, 1.54) is 5.56 Å². The van der Waals surface area contributed by atoms with Gasteiger partial charge < -0.3 is 15.0 Å². The van der Waals surface area contributed by atoms with E-state index in [9.17, 15) is 4.79 Å². The third kappa shape index (κ3) is 2.90. The summed E-state index contributed by atoms with van der Waals surface area (Å²) >= 11 is 0. The Morgan fingerprint density at radius 1 is 1.23 bits per heavy atom. The molecule has 2 aliphatic rings. The number of hydrogen-bond acceptors (Lipinski definition) is 3. The molecular formula is C18H26N2O2. The van der Waals surface area contributed by atoms with Gasteiger partial charge in [-0.25, -0.2) is 0 Å². The van der Waals surface area contributed by atoms with E-state index in [4.69, 9.17) is 4.74 Å². The van der Waals surface area contributed by atoms with Crippen LogP contribution in [0.1, 0.15) is 25.3 Å². The van der Waals surface area contributed by atoms with Gasteiger partial charge in [-0.2, -0.15) is 0 Å². The Morgan fingerprint density at radius 2 is 1.91 bits per heavy atom. The van der Waals surface area contributed by atoms with E-state index < -0.39 is 0 Å². The summed E-state index contributed by atoms with van der Waals surface area (Å²) in [5, 5.41) is 3.20. The van der Waals surface area contributed by atoms with E-state index in [-0.39, 0.29) is 29.3 Å². The van der Waals surface area contributed by atoms with Gasteiger partial charge in [-0.15, -0.1) is 0 Å². The van der Waals surface area contributed by atoms with Gasteiger partial charge in [0.25, 0.3) is 0 Å². The van der Waals surface area contributed by atoms with Gasteiger partial charge in [0.1, 0.15) is 0 Å². The Hall–Kier alpha value is -1.39. The maximum absolute atomic E-state index is 12.5. The standard InChI is InChI=1S/C18H26N2O2/c1-18(14-7-5-4-6-8-14)9-13(10-18)17(21)19-15-11-22-12-16(15)20(2)3/h4-8,13,15-16H,9-12H2,1-3H3,(H,19,21)/t13?,15-,16-,18?/m1/s1. The first-order valence-corrected chi connectivity index (χ1v) is 8.10. The Labute approximate surface area is 132 Å². The number of likely N-dealkylation sites (N-methyl/N-ethyl adjacent to an activating group) is 1. The van der Waals surface area contributed by atoms with Crippen LogP contribution in [0.3, 0.4) is 0 Å². The molecule has 1 saturated heterocycles. The third-order valence-corrected chi connectivity index (χ3v) is 5.28. The maximum Gasteiger partial charge on any atom is 0.223 e. The predicted octanol–water partition coefficient (Wildman–Crippen LogP) is 1.80. The van der Waals surface area contributed by atoms with E-state index in [0.29, 0.717) is 13.2 Å². The molecule has 3 rings (SSSR count). The molecule has 0 aromatic heterocycles. The van der Waals surface area contributed by atoms with Gasteiger partial charge in [-0.1, -0.05) is 37.3 Å². The van der Waals surface area contributed by atoms with Crippen molar-refractivity contribution in [3.8, 4) is 0 Å². The number of carbonyl (C=O) groups is 1. The lowest BCUT2D eigenvalue weighted by atomic mass is 9.59. The molecule has 0 spiro atoms. The highest BCUT2D eigenvalue weighted by molar-refractivity contribution is 5.80. The van der Waals surface area contributed by atoms with Crippen LogP contribution in [-0.4, -0.2) is 50.2 Å². The molecule has 1 aromatic carbocycles. The first-order valence-electron chi connectivity index (χ1n) is 8.10. The van der Waals surface area contributed by atoms with Crippen LogP contribution in [-0.2, 0) is 14.9 Å². The lowest BCUT2D eigenvalue weighted by Gasteiger charge is -2.45. The summed E-state index contributed by atoms with van der Waals surface area (Å²) in [5.41, 5.74) is 1.49. The summed E-state index contributed by atoms with van der Waals surface area (Å²) < 4.78 is 5.52. The van der Waals surface area contributed by atoms with E-state index in [2.05, 4.69) is 41.4 Å². The number of rotatable bonds is 4. The Balaban J connectivity index is 1.55. The van der Waals surface area contributed by atoms with Crippen molar-refractivity contribution in [1.82, 2.24) is 10.2 Å². The molecule has 4 nitrogen and oxygen atoms in total. The number of hydrogen-bond donors (Lipinski definition) is 1. The largest absolute Gasteiger partial charge is 0.378 e. The van der Waals surface area contributed by atoms with Crippen molar-refractivity contribution in [2.45, 2.75) is 37.3 Å². The first-order chi connectivity index (χ1) is 10.5. The molecular weight excluding hydrogens is 276 g/mol. The van der Waals surface area contributed by atoms with Crippen molar-refractivity contribution >= 4 is 5.91 Å². The molecule has 1 N–H and O–H groups in total. The van der Waals surface area contributed by atoms with Gasteiger partial charge in [0, 0.05) is 5.92 Å². The molecule has 1 saturated carbocycles. The molecule has 0 unspecified atom stereocenters. The summed E-state index contributed by atoms with van der Waals surface area (Å²) in [6.07, 6.45) is 1.87. The highest BCUT2D eigenvalue weighted by Gasteiger charge is 2.45. The Bertz CT molecular complexity index is 523. The molecule has 1 aliphatic carbocycles. The van der Waals surface area contributed by atoms with Crippen molar-refractivity contribution in [1.29, 1.82) is 0 Å². The van der Waals surface area contributed by atoms with Gasteiger partial charge in [0.05, 0.1) is 25.3 Å². The van der Waals surface area contributed by atoms with Crippen LogP contribution in [0.25, 0.3) is 0 Å². The minimum Gasteiger partial charge on any atom is -0.378 e. The molecule has 2 fully saturated rings. The van der Waals surface area contributed by atoms with E-state index in [1.807, 2.05) is 20.2 Å². The third-order valence-electron chi connectivity index (χ3n) is 5.28. The van der Waals surface area contributed by atoms with Crippen LogP contribution in [0.5, 0.6) is 0 Å². The Kier molecular flexibility index (Phi) is 4.24. The normalized spacial score (nSPS) is 34.5. The Morgan fingerprint density at radius 3 is 2.55 bits per heavy atom. The number of amides is 1. The number of carbonyl (C=O) groups excluding carboxylic acids is 1. The van der Waals surface area contributed by atoms with E-state index >= 15 is 0 Å². The maximum atomic E-state index is 12.5. The predicted molar refractivity (Wildman–Crippen MR) is 86.7 cm³/mol. The fourth-order valence-electron chi connectivity index (χ4n) is 3.78. The van der Waals surface area contributed by atoms with Crippen molar-refractivity contribution < 1.29 is 9.53 Å². The minimum absolute atomic E-state index is 0.117. The summed E-state index contributed by atoms with van der Waals surface area (Å²) in [6.45, 7) is 3.58. The van der Waals surface area contributed by atoms with E-state index in [1.54, 1.807) is 0 Å². The van der Waals surface area contributed by atoms with Gasteiger partial charge in [0.2, 0.25) is 5.91 Å². The number of nitrogens with one attached hydrogen (secondary N) is 1. The second-order valence-electron chi connectivity index (χ2n) is 7.22. The van der Waals surface area contributed by atoms with Crippen LogP contribution in [0.15, 0.2) is 30.3 Å². The molecule has 1 heterocycles. The van der Waals surface area contributed by atoms with Gasteiger partial charge in [0.15, 0.2) is 0 Å². The van der Waals surface area contributed by atoms with Crippen LogP contribution < -0.4 is 5.32 Å². The summed E-state index contributed by atoms with van der Waals surface area (Å²) in [6, 6.07) is 10.9. The van der Waals surface area contributed by atoms with Crippen LogP contribution >= 0.6 is 0 Å². The first kappa shape index (κ1) is 15.5. The second-order valence-corrected chi connectivity index (χ2v) is 7.22. The van der Waals surface area contributed by atoms with Crippen LogP contribution in [0, 0.1) is 5.92 Å². The van der Waals surface area contributed by atoms with E-state index in [0.717, 1.165) is 12.8 Å². The monoisotopic (exact) mass is 302 g/mol. The van der Waals surface area contributed by atoms with Crippen LogP contribution in [0.2, 0.25) is 0 Å². The van der Waals surface area contributed by atoms with Crippen molar-refractivity contribution in [2.75, 3.05) is 27.3 Å². The topological polar surface area (TPSA) is 41.6 Å². The summed E-state index contributed by atoms with van der Waals surface area (Å²) in [7, 11) is 4.07. The lowest BCUT2D eigenvalue weighted by Crippen LogP contribution is -2.53. The van der Waals surface area contributed by atoms with Crippen LogP contribution in [0.4, 0.5) is 0 Å². The molecule has 120 valence electrons. The minimum atomic E-state index is 0.117. The molecule has 22 heavy (non-hydrogen) atoms. The zero-order valence-corrected chi connectivity index (χ0v) is 13.7. The molecule has 4 heteroatoms. The molecule has 2 atom stereocenters. The molecule has 1 aromatic rings. The number of nitrogens with zero attached hydrogens (tertiary/aromatic N) is 1. The SMILES string of the molecule is CN(C)[C@@H]1COC[C@H]1NC(=O)C1CC(C)(c2ccccc2)C1. The second kappa shape index (κ2) is 6.01. The van der Waals surface area contributed by atoms with Gasteiger partial charge in [-0.05, 0) is 37.9 Å². The van der Waals surface area contributed by atoms with Crippen molar-refractivity contribution in [2.24, 2.45) is 5.92 Å². The molecule has 1 aliphatic heterocycles. The summed E-state index contributed by atoms with van der Waals surface area (Å²) in [5.74, 6) is 0.323. The average molecular weight is 302 g/mol. The molecule has 0 radical (unpaired) electrons. The van der Waals surface area contributed by atoms with Gasteiger partial charge in [-0.3, -0.25) is 4.79 Å². The number of benzene rings is 1. The zero-order valence-electron chi connectivity index (χ0n) is 13.7. The fourth-order valence-corrected chi connectivity index (χ4v) is 3.78. The fraction of sp³-hybridized carbons (Fsp3) is 0.611. The molecule has 1 amide bonds. The van der Waals surface area contributed by atoms with Crippen molar-refractivity contribution in [3.63, 3.8) is 0 Å². The van der Waals surface area contributed by atoms with Gasteiger partial charge >= 0.3 is 0 Å². The average Bonchev–Trinajstić information content (AvgIpc) is 2.93. The summed E-state index contributed by atoms with van der Waals surface area (Å²) in [4.78, 5) is 14.6. The lowest BCUT2D eigenvalue weighted by molar-refractivity contribution is -0.130. The molecule has 0 bridgehead atoms. The quantitative estimate of drug-likeness (QED) is 0.922. The smallest absolute Gasteiger partial charge is 0.223 e. The van der Waals surface area contributed by atoms with Crippen molar-refractivity contribution in [3.05, 3.63) is 35.9 Å².